The van der Waals surface area contributed by atoms with Crippen LogP contribution in [0.15, 0.2) is 24.4 Å². The average molecular weight is 450 g/mol. The van der Waals surface area contributed by atoms with Gasteiger partial charge in [0.25, 0.3) is 11.8 Å². The van der Waals surface area contributed by atoms with Crippen molar-refractivity contribution in [3.8, 4) is 5.75 Å². The smallest absolute Gasteiger partial charge is 0.269 e. The molecule has 2 aromatic heterocycles. The minimum absolute atomic E-state index is 0.0195. The Bertz CT molecular complexity index is 1290. The minimum atomic E-state index is -0.625. The number of Topliss-reactive ketones (excluding diaryl/α,β-unsaturated/α-hetero) is 1. The summed E-state index contributed by atoms with van der Waals surface area (Å²) >= 11 is 0. The van der Waals surface area contributed by atoms with Gasteiger partial charge < -0.3 is 15.4 Å². The molecule has 2 aliphatic heterocycles. The number of hydrogen-bond donors (Lipinski definition) is 2. The van der Waals surface area contributed by atoms with Gasteiger partial charge in [-0.1, -0.05) is 0 Å². The van der Waals surface area contributed by atoms with Gasteiger partial charge in [0, 0.05) is 36.9 Å². The zero-order valence-electron chi connectivity index (χ0n) is 18.8. The fourth-order valence-corrected chi connectivity index (χ4v) is 4.53. The van der Waals surface area contributed by atoms with Gasteiger partial charge >= 0.3 is 0 Å². The lowest BCUT2D eigenvalue weighted by Crippen LogP contribution is -2.52. The monoisotopic (exact) mass is 450 g/mol. The van der Waals surface area contributed by atoms with Crippen molar-refractivity contribution in [2.75, 3.05) is 13.1 Å². The second-order valence-electron chi connectivity index (χ2n) is 9.83. The molecule has 1 fully saturated rings. The Labute approximate surface area is 190 Å². The van der Waals surface area contributed by atoms with Crippen LogP contribution >= 0.6 is 0 Å². The number of aromatic nitrogens is 4. The first-order valence-corrected chi connectivity index (χ1v) is 11.0. The van der Waals surface area contributed by atoms with Gasteiger partial charge in [-0.05, 0) is 39.0 Å². The Morgan fingerprint density at radius 2 is 1.94 bits per heavy atom. The first kappa shape index (κ1) is 21.2. The van der Waals surface area contributed by atoms with Gasteiger partial charge in [0.05, 0.1) is 23.7 Å². The Kier molecular flexibility index (Phi) is 4.59. The van der Waals surface area contributed by atoms with E-state index in [4.69, 9.17) is 10.5 Å². The number of nitrogens with one attached hydrogen (secondary N) is 1. The molecule has 0 atom stereocenters. The highest BCUT2D eigenvalue weighted by atomic mass is 16.5. The second kappa shape index (κ2) is 7.16. The normalized spacial score (nSPS) is 17.8. The molecule has 0 saturated carbocycles. The third-order valence-electron chi connectivity index (χ3n) is 6.45. The average Bonchev–Trinajstić information content (AvgIpc) is 3.37. The van der Waals surface area contributed by atoms with E-state index in [1.54, 1.807) is 34.0 Å². The number of nitrogens with zero attached hydrogens (tertiary/aromatic N) is 4. The van der Waals surface area contributed by atoms with Gasteiger partial charge in [-0.15, -0.1) is 0 Å². The Morgan fingerprint density at radius 1 is 1.21 bits per heavy atom. The summed E-state index contributed by atoms with van der Waals surface area (Å²) in [6.07, 6.45) is 3.18. The van der Waals surface area contributed by atoms with E-state index >= 15 is 0 Å². The number of H-pyrrole nitrogens is 1. The molecule has 33 heavy (non-hydrogen) atoms. The molecule has 0 aliphatic carbocycles. The molecule has 0 radical (unpaired) electrons. The number of carbonyl (C=O) groups excluding carboxylic acids is 3. The Hall–Kier alpha value is -3.69. The van der Waals surface area contributed by atoms with E-state index in [0.717, 1.165) is 0 Å². The van der Waals surface area contributed by atoms with Crippen LogP contribution in [0.3, 0.4) is 0 Å². The number of benzene rings is 1. The van der Waals surface area contributed by atoms with Crippen molar-refractivity contribution >= 4 is 28.5 Å². The molecule has 2 aliphatic rings. The zero-order chi connectivity index (χ0) is 23.5. The predicted molar refractivity (Wildman–Crippen MR) is 119 cm³/mol. The van der Waals surface area contributed by atoms with Gasteiger partial charge in [0.15, 0.2) is 22.9 Å². The van der Waals surface area contributed by atoms with E-state index in [0.29, 0.717) is 53.8 Å². The summed E-state index contributed by atoms with van der Waals surface area (Å²) in [6.45, 7) is 7.01. The summed E-state index contributed by atoms with van der Waals surface area (Å²) in [5.74, 6) is -0.241. The molecule has 5 rings (SSSR count). The summed E-state index contributed by atoms with van der Waals surface area (Å²) < 4.78 is 8.09. The van der Waals surface area contributed by atoms with Gasteiger partial charge in [0.2, 0.25) is 0 Å². The lowest BCUT2D eigenvalue weighted by Gasteiger charge is -2.43. The summed E-state index contributed by atoms with van der Waals surface area (Å²) in [7, 11) is 0. The number of nitrogens with two attached hydrogens (primary N) is 1. The summed E-state index contributed by atoms with van der Waals surface area (Å²) in [5, 5.41) is 11.7. The summed E-state index contributed by atoms with van der Waals surface area (Å²) in [5.41, 5.74) is 6.07. The summed E-state index contributed by atoms with van der Waals surface area (Å²) in [6, 6.07) is 5.02. The maximum absolute atomic E-state index is 13.1. The van der Waals surface area contributed by atoms with Gasteiger partial charge in [-0.25, -0.2) is 0 Å². The molecular weight excluding hydrogens is 424 g/mol. The zero-order valence-corrected chi connectivity index (χ0v) is 18.8. The molecule has 172 valence electrons. The van der Waals surface area contributed by atoms with Gasteiger partial charge in [0.1, 0.15) is 5.60 Å². The van der Waals surface area contributed by atoms with Crippen LogP contribution in [-0.4, -0.2) is 61.2 Å². The fourth-order valence-electron chi connectivity index (χ4n) is 4.53. The highest BCUT2D eigenvalue weighted by molar-refractivity contribution is 6.06. The second-order valence-corrected chi connectivity index (χ2v) is 9.83. The van der Waals surface area contributed by atoms with Crippen LogP contribution in [0.4, 0.5) is 0 Å². The molecule has 1 spiro atoms. The number of carbonyl (C=O) groups is 3. The maximum atomic E-state index is 13.1. The molecule has 2 amide bonds. The molecule has 10 heteroatoms. The lowest BCUT2D eigenvalue weighted by atomic mass is 9.83. The van der Waals surface area contributed by atoms with Crippen molar-refractivity contribution in [2.45, 2.75) is 51.2 Å². The number of primary amides is 1. The minimum Gasteiger partial charge on any atom is -0.483 e. The largest absolute Gasteiger partial charge is 0.483 e. The predicted octanol–water partition coefficient (Wildman–Crippen LogP) is 2.25. The highest BCUT2D eigenvalue weighted by Gasteiger charge is 2.45. The third-order valence-corrected chi connectivity index (χ3v) is 6.45. The van der Waals surface area contributed by atoms with Crippen molar-refractivity contribution in [3.63, 3.8) is 0 Å². The third kappa shape index (κ3) is 3.55. The van der Waals surface area contributed by atoms with E-state index < -0.39 is 11.5 Å². The number of rotatable bonds is 2. The number of piperidine rings is 1. The van der Waals surface area contributed by atoms with Crippen LogP contribution in [0.2, 0.25) is 0 Å². The number of ether oxygens (including phenoxy) is 1. The van der Waals surface area contributed by atoms with Crippen LogP contribution in [0.5, 0.6) is 5.75 Å². The molecule has 3 aromatic rings. The van der Waals surface area contributed by atoms with E-state index in [1.165, 1.54) is 0 Å². The number of hydrogen-bond acceptors (Lipinski definition) is 6. The van der Waals surface area contributed by atoms with E-state index in [2.05, 4.69) is 15.3 Å². The summed E-state index contributed by atoms with van der Waals surface area (Å²) in [4.78, 5) is 39.2. The van der Waals surface area contributed by atoms with Crippen molar-refractivity contribution in [2.24, 2.45) is 5.73 Å². The number of likely N-dealkylation sites (tertiary alicyclic amines) is 1. The number of fused-ring (bicyclic) bond motifs is 2. The standard InChI is InChI=1S/C23H26N6O4/c1-22(2,3)29-12-17-19(27-29)16(30)11-23(33-17)6-8-28(9-7-23)21(32)13-4-5-14-15(10-13)25-26-18(14)20(24)31/h4-5,10,12H,6-9,11H2,1-3H3,(H2,24,31)(H,25,26). The number of amides is 2. The lowest BCUT2D eigenvalue weighted by molar-refractivity contribution is -0.00586. The van der Waals surface area contributed by atoms with E-state index in [-0.39, 0.29) is 29.3 Å². The molecule has 4 heterocycles. The SMILES string of the molecule is CC(C)(C)n1cc2c(n1)C(=O)CC1(CCN(C(=O)c3ccc4c(C(N)=O)n[nH]c4c3)CC1)O2. The highest BCUT2D eigenvalue weighted by Crippen LogP contribution is 2.40. The van der Waals surface area contributed by atoms with Gasteiger partial charge in [-0.2, -0.15) is 10.2 Å². The van der Waals surface area contributed by atoms with Crippen molar-refractivity contribution in [3.05, 3.63) is 41.3 Å². The topological polar surface area (TPSA) is 136 Å². The molecular formula is C23H26N6O4. The Balaban J connectivity index is 1.31. The quantitative estimate of drug-likeness (QED) is 0.615. The molecule has 0 unspecified atom stereocenters. The number of aromatic amines is 1. The van der Waals surface area contributed by atoms with Crippen LogP contribution in [0.25, 0.3) is 10.9 Å². The van der Waals surface area contributed by atoms with E-state index in [1.807, 2.05) is 20.8 Å². The Morgan fingerprint density at radius 3 is 2.61 bits per heavy atom. The molecule has 1 aromatic carbocycles. The van der Waals surface area contributed by atoms with Crippen LogP contribution in [0.1, 0.15) is 71.4 Å². The number of ketones is 1. The van der Waals surface area contributed by atoms with Crippen molar-refractivity contribution in [1.29, 1.82) is 0 Å². The van der Waals surface area contributed by atoms with Crippen molar-refractivity contribution < 1.29 is 19.1 Å². The van der Waals surface area contributed by atoms with Crippen molar-refractivity contribution in [1.82, 2.24) is 24.9 Å². The molecule has 3 N–H and O–H groups in total. The van der Waals surface area contributed by atoms with Gasteiger partial charge in [-0.3, -0.25) is 24.2 Å². The van der Waals surface area contributed by atoms with Crippen LogP contribution in [-0.2, 0) is 5.54 Å². The fraction of sp³-hybridized carbons (Fsp3) is 0.435. The maximum Gasteiger partial charge on any atom is 0.269 e. The molecule has 1 saturated heterocycles. The first-order chi connectivity index (χ1) is 15.6. The van der Waals surface area contributed by atoms with Crippen LogP contribution in [0, 0.1) is 0 Å². The van der Waals surface area contributed by atoms with Crippen LogP contribution < -0.4 is 10.5 Å². The van der Waals surface area contributed by atoms with E-state index in [9.17, 15) is 14.4 Å². The molecule has 10 nitrogen and oxygen atoms in total. The first-order valence-electron chi connectivity index (χ1n) is 11.0. The molecule has 0 bridgehead atoms.